The van der Waals surface area contributed by atoms with E-state index in [1.165, 1.54) is 0 Å². The fourth-order valence-electron chi connectivity index (χ4n) is 1.02. The summed E-state index contributed by atoms with van der Waals surface area (Å²) in [4.78, 5) is 15.4. The van der Waals surface area contributed by atoms with Gasteiger partial charge in [0.15, 0.2) is 5.78 Å². The zero-order valence-electron chi connectivity index (χ0n) is 7.66. The quantitative estimate of drug-likeness (QED) is 0.626. The Bertz CT molecular complexity index is 292. The topological polar surface area (TPSA) is 30.0 Å². The number of nitrogens with zero attached hydrogens (tertiary/aromatic N) is 1. The van der Waals surface area contributed by atoms with Crippen LogP contribution in [-0.2, 0) is 0 Å². The average molecular weight is 163 g/mol. The third-order valence-electron chi connectivity index (χ3n) is 1.68. The van der Waals surface area contributed by atoms with Gasteiger partial charge in [0.05, 0.1) is 0 Å². The largest absolute Gasteiger partial charge is 0.294 e. The number of Topliss-reactive ketones (excluding diaryl/α,β-unsaturated/α-hetero) is 1. The molecule has 12 heavy (non-hydrogen) atoms. The predicted molar refractivity (Wildman–Crippen MR) is 48.1 cm³/mol. The lowest BCUT2D eigenvalue weighted by Gasteiger charge is -2.03. The highest BCUT2D eigenvalue weighted by Crippen LogP contribution is 2.08. The Labute approximate surface area is 72.6 Å². The molecule has 0 radical (unpaired) electrons. The first-order valence-corrected chi connectivity index (χ1v) is 4.07. The molecule has 0 saturated carbocycles. The molecule has 0 N–H and O–H groups in total. The highest BCUT2D eigenvalue weighted by molar-refractivity contribution is 5.97. The number of hydrogen-bond acceptors (Lipinski definition) is 2. The lowest BCUT2D eigenvalue weighted by molar-refractivity contribution is 0.0939. The van der Waals surface area contributed by atoms with E-state index in [1.54, 1.807) is 12.4 Å². The molecule has 0 aliphatic rings. The van der Waals surface area contributed by atoms with Gasteiger partial charge in [-0.25, -0.2) is 0 Å². The molecule has 0 aliphatic heterocycles. The van der Waals surface area contributed by atoms with Crippen LogP contribution in [0, 0.1) is 12.8 Å². The molecule has 1 heterocycles. The normalized spacial score (nSPS) is 10.3. The summed E-state index contributed by atoms with van der Waals surface area (Å²) in [6, 6.07) is 1.87. The zero-order valence-corrected chi connectivity index (χ0v) is 7.66. The molecule has 0 fully saturated rings. The van der Waals surface area contributed by atoms with Gasteiger partial charge < -0.3 is 0 Å². The molecule has 1 rings (SSSR count). The van der Waals surface area contributed by atoms with Crippen molar-refractivity contribution in [1.29, 1.82) is 0 Å². The maximum Gasteiger partial charge on any atom is 0.166 e. The third-order valence-corrected chi connectivity index (χ3v) is 1.68. The zero-order chi connectivity index (χ0) is 9.14. The standard InChI is InChI=1S/C10H13NO/c1-7(2)10(12)9-4-8(3)5-11-6-9/h4-7H,1-3H3. The summed E-state index contributed by atoms with van der Waals surface area (Å²) < 4.78 is 0. The van der Waals surface area contributed by atoms with Gasteiger partial charge >= 0.3 is 0 Å². The van der Waals surface area contributed by atoms with Crippen LogP contribution in [0.3, 0.4) is 0 Å². The third kappa shape index (κ3) is 1.91. The van der Waals surface area contributed by atoms with Gasteiger partial charge in [0.1, 0.15) is 0 Å². The van der Waals surface area contributed by atoms with E-state index >= 15 is 0 Å². The first kappa shape index (κ1) is 8.91. The minimum atomic E-state index is 0.0496. The fourth-order valence-corrected chi connectivity index (χ4v) is 1.02. The maximum absolute atomic E-state index is 11.5. The van der Waals surface area contributed by atoms with Crippen LogP contribution in [0.5, 0.6) is 0 Å². The first-order chi connectivity index (χ1) is 5.61. The number of pyridine rings is 1. The molecule has 0 aromatic carbocycles. The second kappa shape index (κ2) is 3.48. The maximum atomic E-state index is 11.5. The van der Waals surface area contributed by atoms with E-state index in [9.17, 15) is 4.79 Å². The summed E-state index contributed by atoms with van der Waals surface area (Å²) in [6.45, 7) is 5.72. The van der Waals surface area contributed by atoms with Gasteiger partial charge in [0, 0.05) is 23.9 Å². The predicted octanol–water partition coefficient (Wildman–Crippen LogP) is 2.23. The first-order valence-electron chi connectivity index (χ1n) is 4.07. The summed E-state index contributed by atoms with van der Waals surface area (Å²) in [5.41, 5.74) is 1.74. The highest BCUT2D eigenvalue weighted by atomic mass is 16.1. The molecule has 0 amide bonds. The van der Waals surface area contributed by atoms with Crippen molar-refractivity contribution in [3.63, 3.8) is 0 Å². The molecule has 0 saturated heterocycles. The lowest BCUT2D eigenvalue weighted by atomic mass is 10.0. The number of aromatic nitrogens is 1. The summed E-state index contributed by atoms with van der Waals surface area (Å²) in [5.74, 6) is 0.208. The molecule has 2 nitrogen and oxygen atoms in total. The molecule has 64 valence electrons. The van der Waals surface area contributed by atoms with E-state index in [2.05, 4.69) is 4.98 Å². The van der Waals surface area contributed by atoms with Crippen molar-refractivity contribution in [2.45, 2.75) is 20.8 Å². The smallest absolute Gasteiger partial charge is 0.166 e. The molecule has 0 atom stereocenters. The average Bonchev–Trinajstić information content (AvgIpc) is 2.03. The van der Waals surface area contributed by atoms with Crippen molar-refractivity contribution in [1.82, 2.24) is 4.98 Å². The van der Waals surface area contributed by atoms with Gasteiger partial charge in [-0.15, -0.1) is 0 Å². The van der Waals surface area contributed by atoms with Gasteiger partial charge in [-0.1, -0.05) is 13.8 Å². The highest BCUT2D eigenvalue weighted by Gasteiger charge is 2.09. The molecular formula is C10H13NO. The number of carbonyl (C=O) groups is 1. The summed E-state index contributed by atoms with van der Waals surface area (Å²) in [6.07, 6.45) is 3.37. The molecule has 0 unspecified atom stereocenters. The molecular weight excluding hydrogens is 150 g/mol. The van der Waals surface area contributed by atoms with Gasteiger partial charge in [-0.3, -0.25) is 9.78 Å². The number of ketones is 1. The van der Waals surface area contributed by atoms with Crippen molar-refractivity contribution in [2.75, 3.05) is 0 Å². The SMILES string of the molecule is Cc1cncc(C(=O)C(C)C)c1. The van der Waals surface area contributed by atoms with E-state index < -0.39 is 0 Å². The van der Waals surface area contributed by atoms with E-state index in [-0.39, 0.29) is 11.7 Å². The Morgan fingerprint density at radius 3 is 2.58 bits per heavy atom. The minimum Gasteiger partial charge on any atom is -0.294 e. The molecule has 1 aromatic rings. The van der Waals surface area contributed by atoms with Crippen molar-refractivity contribution in [3.05, 3.63) is 29.6 Å². The molecule has 0 aliphatic carbocycles. The van der Waals surface area contributed by atoms with Crippen molar-refractivity contribution >= 4 is 5.78 Å². The summed E-state index contributed by atoms with van der Waals surface area (Å²) in [5, 5.41) is 0. The van der Waals surface area contributed by atoms with E-state index in [0.717, 1.165) is 5.56 Å². The Kier molecular flexibility index (Phi) is 2.58. The van der Waals surface area contributed by atoms with Gasteiger partial charge in [0.25, 0.3) is 0 Å². The Balaban J connectivity index is 2.96. The number of aryl methyl sites for hydroxylation is 1. The lowest BCUT2D eigenvalue weighted by Crippen LogP contribution is -2.07. The molecule has 0 spiro atoms. The van der Waals surface area contributed by atoms with Crippen LogP contribution in [0.4, 0.5) is 0 Å². The van der Waals surface area contributed by atoms with Gasteiger partial charge in [-0.2, -0.15) is 0 Å². The van der Waals surface area contributed by atoms with Gasteiger partial charge in [-0.05, 0) is 18.6 Å². The Morgan fingerprint density at radius 1 is 1.42 bits per heavy atom. The Hall–Kier alpha value is -1.18. The molecule has 1 aromatic heterocycles. The van der Waals surface area contributed by atoms with Crippen LogP contribution in [0.15, 0.2) is 18.5 Å². The monoisotopic (exact) mass is 163 g/mol. The van der Waals surface area contributed by atoms with Crippen molar-refractivity contribution in [2.24, 2.45) is 5.92 Å². The number of rotatable bonds is 2. The van der Waals surface area contributed by atoms with Gasteiger partial charge in [0.2, 0.25) is 0 Å². The van der Waals surface area contributed by atoms with Crippen LogP contribution in [0.2, 0.25) is 0 Å². The fraction of sp³-hybridized carbons (Fsp3) is 0.400. The van der Waals surface area contributed by atoms with Crippen LogP contribution in [-0.4, -0.2) is 10.8 Å². The van der Waals surface area contributed by atoms with Crippen LogP contribution < -0.4 is 0 Å². The van der Waals surface area contributed by atoms with E-state index in [1.807, 2.05) is 26.8 Å². The molecule has 0 bridgehead atoms. The molecule has 2 heteroatoms. The summed E-state index contributed by atoms with van der Waals surface area (Å²) in [7, 11) is 0. The minimum absolute atomic E-state index is 0.0496. The van der Waals surface area contributed by atoms with E-state index in [0.29, 0.717) is 5.56 Å². The summed E-state index contributed by atoms with van der Waals surface area (Å²) >= 11 is 0. The second-order valence-corrected chi connectivity index (χ2v) is 3.27. The number of hydrogen-bond donors (Lipinski definition) is 0. The van der Waals surface area contributed by atoms with Crippen LogP contribution in [0.25, 0.3) is 0 Å². The van der Waals surface area contributed by atoms with Crippen LogP contribution >= 0.6 is 0 Å². The van der Waals surface area contributed by atoms with Crippen molar-refractivity contribution in [3.8, 4) is 0 Å². The van der Waals surface area contributed by atoms with Crippen LogP contribution in [0.1, 0.15) is 29.8 Å². The second-order valence-electron chi connectivity index (χ2n) is 3.27. The Morgan fingerprint density at radius 2 is 2.08 bits per heavy atom. The van der Waals surface area contributed by atoms with Crippen molar-refractivity contribution < 1.29 is 4.79 Å². The van der Waals surface area contributed by atoms with E-state index in [4.69, 9.17) is 0 Å². The number of carbonyl (C=O) groups excluding carboxylic acids is 1.